The molecule has 0 N–H and O–H groups in total. The lowest BCUT2D eigenvalue weighted by atomic mass is 10.3. The number of esters is 1. The molecule has 0 aromatic rings. The third kappa shape index (κ3) is 4.62. The largest absolute Gasteiger partial charge is 0.468 e. The van der Waals surface area contributed by atoms with Crippen molar-refractivity contribution in [3.05, 3.63) is 12.7 Å². The maximum Gasteiger partial charge on any atom is 0.319 e. The average molecular weight is 171 g/mol. The summed E-state index contributed by atoms with van der Waals surface area (Å²) in [5.41, 5.74) is 0. The van der Waals surface area contributed by atoms with E-state index < -0.39 is 0 Å². The van der Waals surface area contributed by atoms with Gasteiger partial charge >= 0.3 is 5.97 Å². The van der Waals surface area contributed by atoms with Gasteiger partial charge < -0.3 is 4.74 Å². The molecule has 0 aliphatic rings. The number of rotatable bonds is 5. The molecule has 4 nitrogen and oxygen atoms in total. The number of methoxy groups -OCH3 is 1. The van der Waals surface area contributed by atoms with E-state index in [-0.39, 0.29) is 24.8 Å². The van der Waals surface area contributed by atoms with Crippen molar-refractivity contribution in [2.75, 3.05) is 27.2 Å². The summed E-state index contributed by atoms with van der Waals surface area (Å²) in [6.07, 6.45) is 1.23. The summed E-state index contributed by atoms with van der Waals surface area (Å²) in [5, 5.41) is 0. The van der Waals surface area contributed by atoms with Crippen molar-refractivity contribution < 1.29 is 14.3 Å². The second-order valence-electron chi connectivity index (χ2n) is 2.42. The van der Waals surface area contributed by atoms with Gasteiger partial charge in [0.25, 0.3) is 0 Å². The number of carbonyl (C=O) groups excluding carboxylic acids is 2. The van der Waals surface area contributed by atoms with Crippen molar-refractivity contribution in [3.8, 4) is 0 Å². The second kappa shape index (κ2) is 5.49. The van der Waals surface area contributed by atoms with Crippen LogP contribution in [0.5, 0.6) is 0 Å². The summed E-state index contributed by atoms with van der Waals surface area (Å²) in [4.78, 5) is 23.0. The van der Waals surface area contributed by atoms with E-state index in [1.54, 1.807) is 11.9 Å². The van der Waals surface area contributed by atoms with Crippen molar-refractivity contribution in [1.29, 1.82) is 0 Å². The molecule has 0 radical (unpaired) electrons. The van der Waals surface area contributed by atoms with E-state index in [9.17, 15) is 9.59 Å². The van der Waals surface area contributed by atoms with Gasteiger partial charge in [-0.25, -0.2) is 0 Å². The highest BCUT2D eigenvalue weighted by atomic mass is 16.5. The Labute approximate surface area is 71.8 Å². The number of ether oxygens (including phenoxy) is 1. The van der Waals surface area contributed by atoms with Gasteiger partial charge in [-0.15, -0.1) is 0 Å². The third-order valence-electron chi connectivity index (χ3n) is 1.28. The van der Waals surface area contributed by atoms with Crippen LogP contribution in [0.4, 0.5) is 0 Å². The molecule has 0 aromatic carbocycles. The summed E-state index contributed by atoms with van der Waals surface area (Å²) >= 11 is 0. The molecule has 0 fully saturated rings. The van der Waals surface area contributed by atoms with E-state index in [4.69, 9.17) is 0 Å². The highest BCUT2D eigenvalue weighted by Crippen LogP contribution is 1.85. The van der Waals surface area contributed by atoms with Crippen LogP contribution >= 0.6 is 0 Å². The van der Waals surface area contributed by atoms with E-state index >= 15 is 0 Å². The van der Waals surface area contributed by atoms with Crippen LogP contribution in [0.2, 0.25) is 0 Å². The van der Waals surface area contributed by atoms with Crippen LogP contribution < -0.4 is 0 Å². The Morgan fingerprint density at radius 3 is 2.50 bits per heavy atom. The molecule has 0 rings (SSSR count). The summed E-state index contributed by atoms with van der Waals surface area (Å²) in [7, 11) is 2.98. The van der Waals surface area contributed by atoms with Gasteiger partial charge in [0.15, 0.2) is 5.78 Å². The number of hydrogen-bond acceptors (Lipinski definition) is 4. The maximum absolute atomic E-state index is 10.8. The Bertz CT molecular complexity index is 189. The van der Waals surface area contributed by atoms with E-state index in [1.807, 2.05) is 0 Å². The molecule has 0 amide bonds. The van der Waals surface area contributed by atoms with Crippen LogP contribution in [0.1, 0.15) is 0 Å². The topological polar surface area (TPSA) is 46.6 Å². The molecule has 0 unspecified atom stereocenters. The normalized spacial score (nSPS) is 9.58. The zero-order valence-electron chi connectivity index (χ0n) is 7.37. The highest BCUT2D eigenvalue weighted by Gasteiger charge is 2.07. The molecule has 0 atom stereocenters. The third-order valence-corrected chi connectivity index (χ3v) is 1.28. The summed E-state index contributed by atoms with van der Waals surface area (Å²) < 4.78 is 4.42. The van der Waals surface area contributed by atoms with Crippen molar-refractivity contribution >= 4 is 11.8 Å². The van der Waals surface area contributed by atoms with E-state index in [0.717, 1.165) is 0 Å². The minimum atomic E-state index is -0.352. The lowest BCUT2D eigenvalue weighted by Crippen LogP contribution is -2.30. The fourth-order valence-electron chi connectivity index (χ4n) is 0.671. The van der Waals surface area contributed by atoms with E-state index in [1.165, 1.54) is 13.2 Å². The number of carbonyl (C=O) groups is 2. The van der Waals surface area contributed by atoms with Gasteiger partial charge in [-0.05, 0) is 13.1 Å². The molecular weight excluding hydrogens is 158 g/mol. The van der Waals surface area contributed by atoms with Crippen LogP contribution in [0.25, 0.3) is 0 Å². The number of likely N-dealkylation sites (N-methyl/N-ethyl adjacent to an activating group) is 1. The lowest BCUT2D eigenvalue weighted by Gasteiger charge is -2.12. The molecule has 68 valence electrons. The first-order chi connectivity index (χ1) is 5.60. The molecule has 0 aromatic heterocycles. The highest BCUT2D eigenvalue weighted by molar-refractivity contribution is 5.91. The van der Waals surface area contributed by atoms with Crippen LogP contribution in [0.15, 0.2) is 12.7 Å². The average Bonchev–Trinajstić information content (AvgIpc) is 2.03. The smallest absolute Gasteiger partial charge is 0.319 e. The minimum Gasteiger partial charge on any atom is -0.468 e. The Hall–Kier alpha value is -1.16. The standard InChI is InChI=1S/C8H13NO3/c1-4-7(10)5-9(2)6-8(11)12-3/h4H,1,5-6H2,2-3H3. The molecule has 0 spiro atoms. The van der Waals surface area contributed by atoms with Crippen LogP contribution in [0.3, 0.4) is 0 Å². The molecule has 4 heteroatoms. The maximum atomic E-state index is 10.8. The van der Waals surface area contributed by atoms with Crippen molar-refractivity contribution in [1.82, 2.24) is 4.90 Å². The fourth-order valence-corrected chi connectivity index (χ4v) is 0.671. The predicted molar refractivity (Wildman–Crippen MR) is 44.7 cm³/mol. The molecule has 12 heavy (non-hydrogen) atoms. The van der Waals surface area contributed by atoms with Crippen molar-refractivity contribution in [3.63, 3.8) is 0 Å². The first kappa shape index (κ1) is 10.8. The Balaban J connectivity index is 3.73. The van der Waals surface area contributed by atoms with Gasteiger partial charge in [-0.1, -0.05) is 6.58 Å². The molecule has 0 saturated carbocycles. The number of hydrogen-bond donors (Lipinski definition) is 0. The van der Waals surface area contributed by atoms with Gasteiger partial charge in [0, 0.05) is 0 Å². The Morgan fingerprint density at radius 1 is 1.50 bits per heavy atom. The molecule has 0 aliphatic carbocycles. The summed E-state index contributed by atoms with van der Waals surface area (Å²) in [6.45, 7) is 3.63. The van der Waals surface area contributed by atoms with Crippen molar-refractivity contribution in [2.45, 2.75) is 0 Å². The van der Waals surface area contributed by atoms with E-state index in [2.05, 4.69) is 11.3 Å². The number of ketones is 1. The van der Waals surface area contributed by atoms with Crippen molar-refractivity contribution in [2.24, 2.45) is 0 Å². The first-order valence-corrected chi connectivity index (χ1v) is 3.50. The minimum absolute atomic E-state index is 0.110. The quantitative estimate of drug-likeness (QED) is 0.426. The summed E-state index contributed by atoms with van der Waals surface area (Å²) in [6, 6.07) is 0. The summed E-state index contributed by atoms with van der Waals surface area (Å²) in [5.74, 6) is -0.462. The Morgan fingerprint density at radius 2 is 2.08 bits per heavy atom. The SMILES string of the molecule is C=CC(=O)CN(C)CC(=O)OC. The number of nitrogens with zero attached hydrogens (tertiary/aromatic N) is 1. The molecular formula is C8H13NO3. The van der Waals surface area contributed by atoms with Gasteiger partial charge in [0.2, 0.25) is 0 Å². The van der Waals surface area contributed by atoms with Gasteiger partial charge in [0.05, 0.1) is 20.2 Å². The first-order valence-electron chi connectivity index (χ1n) is 3.50. The lowest BCUT2D eigenvalue weighted by molar-refractivity contribution is -0.141. The zero-order valence-corrected chi connectivity index (χ0v) is 7.37. The molecule has 0 saturated heterocycles. The molecule has 0 heterocycles. The molecule has 0 aliphatic heterocycles. The van der Waals surface area contributed by atoms with Gasteiger partial charge in [-0.2, -0.15) is 0 Å². The van der Waals surface area contributed by atoms with E-state index in [0.29, 0.717) is 0 Å². The predicted octanol–water partition coefficient (Wildman–Crippen LogP) is -0.154. The molecule has 0 bridgehead atoms. The monoisotopic (exact) mass is 171 g/mol. The van der Waals surface area contributed by atoms with Gasteiger partial charge in [-0.3, -0.25) is 14.5 Å². The van der Waals surface area contributed by atoms with Crippen LogP contribution in [-0.4, -0.2) is 43.9 Å². The fraction of sp³-hybridized carbons (Fsp3) is 0.500. The second-order valence-corrected chi connectivity index (χ2v) is 2.42. The zero-order chi connectivity index (χ0) is 9.56. The van der Waals surface area contributed by atoms with Crippen LogP contribution in [0, 0.1) is 0 Å². The van der Waals surface area contributed by atoms with Crippen LogP contribution in [-0.2, 0) is 14.3 Å². The van der Waals surface area contributed by atoms with Gasteiger partial charge in [0.1, 0.15) is 0 Å². The Kier molecular flexibility index (Phi) is 4.96.